The molecule has 3 N–H and O–H groups in total. The van der Waals surface area contributed by atoms with Gasteiger partial charge < -0.3 is 11.1 Å². The zero-order valence-corrected chi connectivity index (χ0v) is 22.6. The van der Waals surface area contributed by atoms with Crippen LogP contribution in [-0.2, 0) is 4.79 Å². The van der Waals surface area contributed by atoms with Crippen molar-refractivity contribution in [2.45, 2.75) is 5.92 Å². The predicted molar refractivity (Wildman–Crippen MR) is 155 cm³/mol. The van der Waals surface area contributed by atoms with E-state index in [1.54, 1.807) is 54.6 Å². The van der Waals surface area contributed by atoms with Gasteiger partial charge in [-0.2, -0.15) is 5.26 Å². The highest BCUT2D eigenvalue weighted by Crippen LogP contribution is 2.37. The molecule has 0 saturated heterocycles. The van der Waals surface area contributed by atoms with Gasteiger partial charge >= 0.3 is 0 Å². The van der Waals surface area contributed by atoms with Crippen LogP contribution in [0.4, 0.5) is 11.4 Å². The Kier molecular flexibility index (Phi) is 7.28. The molecule has 0 fully saturated rings. The molecule has 12 heteroatoms. The number of nitrogens with two attached hydrogens (primary N) is 1. The normalized spacial score (nSPS) is 15.0. The number of hydrogen-bond donors (Lipinski definition) is 2. The van der Waals surface area contributed by atoms with Gasteiger partial charge in [-0.1, -0.05) is 47.5 Å². The molecule has 5 rings (SSSR count). The van der Waals surface area contributed by atoms with E-state index in [4.69, 9.17) is 28.9 Å². The minimum atomic E-state index is -0.915. The van der Waals surface area contributed by atoms with Gasteiger partial charge in [0.15, 0.2) is 0 Å². The lowest BCUT2D eigenvalue weighted by Gasteiger charge is -2.25. The van der Waals surface area contributed by atoms with Gasteiger partial charge in [-0.15, -0.1) is 11.3 Å². The van der Waals surface area contributed by atoms with Gasteiger partial charge in [0.05, 0.1) is 32.6 Å². The van der Waals surface area contributed by atoms with E-state index in [1.165, 1.54) is 28.8 Å². The van der Waals surface area contributed by atoms with Crippen LogP contribution in [0.3, 0.4) is 0 Å². The molecule has 0 saturated carbocycles. The summed E-state index contributed by atoms with van der Waals surface area (Å²) in [7, 11) is 0. The smallest absolute Gasteiger partial charge is 0.274 e. The highest BCUT2D eigenvalue weighted by Gasteiger charge is 2.35. The number of nitro groups is 1. The number of thiazole rings is 1. The Labute approximate surface area is 240 Å². The van der Waals surface area contributed by atoms with E-state index >= 15 is 0 Å². The molecule has 1 aromatic heterocycles. The van der Waals surface area contributed by atoms with Crippen LogP contribution in [0.5, 0.6) is 0 Å². The minimum Gasteiger partial charge on any atom is -0.384 e. The Bertz CT molecular complexity index is 1920. The molecule has 198 valence electrons. The third-order valence-electron chi connectivity index (χ3n) is 6.22. The number of carbonyl (C=O) groups excluding carboxylic acids is 1. The number of nitriles is 1. The van der Waals surface area contributed by atoms with E-state index in [9.17, 15) is 25.0 Å². The van der Waals surface area contributed by atoms with Crippen LogP contribution in [0.15, 0.2) is 83.2 Å². The van der Waals surface area contributed by atoms with Crippen molar-refractivity contribution < 1.29 is 9.72 Å². The Morgan fingerprint density at radius 1 is 1.05 bits per heavy atom. The average Bonchev–Trinajstić information content (AvgIpc) is 3.26. The quantitative estimate of drug-likeness (QED) is 0.264. The lowest BCUT2D eigenvalue weighted by molar-refractivity contribution is -0.384. The van der Waals surface area contributed by atoms with E-state index in [0.717, 1.165) is 11.3 Å². The second kappa shape index (κ2) is 10.8. The summed E-state index contributed by atoms with van der Waals surface area (Å²) in [6, 6.07) is 20.9. The van der Waals surface area contributed by atoms with Crippen LogP contribution in [-0.4, -0.2) is 15.4 Å². The molecule has 1 aliphatic heterocycles. The average molecular weight is 590 g/mol. The molecule has 9 nitrogen and oxygen atoms in total. The first-order valence-corrected chi connectivity index (χ1v) is 13.2. The van der Waals surface area contributed by atoms with E-state index in [1.807, 2.05) is 0 Å². The number of non-ortho nitro benzene ring substituents is 1. The van der Waals surface area contributed by atoms with Crippen LogP contribution >= 0.6 is 34.5 Å². The first-order chi connectivity index (χ1) is 19.2. The molecule has 2 heterocycles. The summed E-state index contributed by atoms with van der Waals surface area (Å²) in [6.45, 7) is 0. The first-order valence-electron chi connectivity index (χ1n) is 11.6. The number of benzene rings is 3. The number of fused-ring (bicyclic) bond motifs is 1. The fraction of sp³-hybridized carbons (Fsp3) is 0.0357. The second-order valence-corrected chi connectivity index (χ2v) is 10.6. The number of hydrogen-bond acceptors (Lipinski definition) is 7. The summed E-state index contributed by atoms with van der Waals surface area (Å²) in [5.74, 6) is -1.61. The number of nitrogens with zero attached hydrogens (tertiary/aromatic N) is 3. The lowest BCUT2D eigenvalue weighted by atomic mass is 9.83. The maximum absolute atomic E-state index is 13.9. The first kappa shape index (κ1) is 26.9. The maximum Gasteiger partial charge on any atom is 0.274 e. The summed E-state index contributed by atoms with van der Waals surface area (Å²) in [6.07, 6.45) is 1.65. The number of aromatic nitrogens is 1. The molecule has 0 radical (unpaired) electrons. The van der Waals surface area contributed by atoms with Crippen molar-refractivity contribution in [3.63, 3.8) is 0 Å². The number of anilines is 1. The number of nitrogens with one attached hydrogen (secondary N) is 1. The van der Waals surface area contributed by atoms with Crippen LogP contribution < -0.4 is 25.8 Å². The van der Waals surface area contributed by atoms with Crippen LogP contribution in [0.25, 0.3) is 17.5 Å². The molecule has 0 spiro atoms. The Balaban J connectivity index is 1.76. The molecule has 3 aromatic carbocycles. The summed E-state index contributed by atoms with van der Waals surface area (Å²) in [5.41, 5.74) is 7.46. The monoisotopic (exact) mass is 589 g/mol. The van der Waals surface area contributed by atoms with Crippen molar-refractivity contribution in [1.82, 2.24) is 4.57 Å². The van der Waals surface area contributed by atoms with Crippen LogP contribution in [0, 0.1) is 21.4 Å². The van der Waals surface area contributed by atoms with Gasteiger partial charge in [0, 0.05) is 27.9 Å². The van der Waals surface area contributed by atoms with Crippen molar-refractivity contribution >= 4 is 69.3 Å². The van der Waals surface area contributed by atoms with E-state index in [2.05, 4.69) is 11.4 Å². The van der Waals surface area contributed by atoms with Crippen molar-refractivity contribution in [1.29, 1.82) is 5.26 Å². The second-order valence-electron chi connectivity index (χ2n) is 8.67. The van der Waals surface area contributed by atoms with Gasteiger partial charge in [0.2, 0.25) is 0 Å². The number of halogens is 2. The Hall–Kier alpha value is -4.69. The van der Waals surface area contributed by atoms with Gasteiger partial charge in [-0.25, -0.2) is 0 Å². The van der Waals surface area contributed by atoms with Crippen molar-refractivity contribution in [2.75, 3.05) is 5.32 Å². The standard InChI is InChI=1S/C28H17Cl2N5O4S/c29-17-5-1-15(2-6-17)13-22-27(37)34-25(32)21(14-31)23(16-3-7-18(30)8-4-16)24(28(34)40-22)26(36)33-19-9-11-20(12-10-19)35(38)39/h1-13,23H,32H2,(H,33,36)/b22-13-. The number of nitro benzene ring substituents is 1. The molecule has 4 aromatic rings. The van der Waals surface area contributed by atoms with E-state index in [0.29, 0.717) is 21.2 Å². The van der Waals surface area contributed by atoms with Gasteiger partial charge in [-0.05, 0) is 53.6 Å². The predicted octanol–water partition coefficient (Wildman–Crippen LogP) is 4.19. The zero-order valence-electron chi connectivity index (χ0n) is 20.3. The summed E-state index contributed by atoms with van der Waals surface area (Å²) in [4.78, 5) is 37.9. The largest absolute Gasteiger partial charge is 0.384 e. The molecular weight excluding hydrogens is 573 g/mol. The van der Waals surface area contributed by atoms with E-state index in [-0.39, 0.29) is 37.5 Å². The maximum atomic E-state index is 13.9. The number of carbonyl (C=O) groups is 1. The Morgan fingerprint density at radius 2 is 1.65 bits per heavy atom. The molecule has 0 aliphatic carbocycles. The van der Waals surface area contributed by atoms with Crippen LogP contribution in [0.1, 0.15) is 17.0 Å². The minimum absolute atomic E-state index is 0.0154. The summed E-state index contributed by atoms with van der Waals surface area (Å²) < 4.78 is 1.71. The van der Waals surface area contributed by atoms with Gasteiger partial charge in [0.1, 0.15) is 10.5 Å². The molecule has 1 aliphatic rings. The number of rotatable bonds is 5. The zero-order chi connectivity index (χ0) is 28.6. The SMILES string of the molecule is N#CC1=C(N)n2c(s/c(=C\c3ccc(Cl)cc3)c2=O)=C(C(=O)Nc2ccc([N+](=O)[O-])cc2)C1c1ccc(Cl)cc1. The highest BCUT2D eigenvalue weighted by molar-refractivity contribution is 7.07. The third-order valence-corrected chi connectivity index (χ3v) is 7.83. The molecule has 1 unspecified atom stereocenters. The molecule has 1 amide bonds. The lowest BCUT2D eigenvalue weighted by Crippen LogP contribution is -2.40. The van der Waals surface area contributed by atoms with Gasteiger partial charge in [-0.3, -0.25) is 24.3 Å². The fourth-order valence-electron chi connectivity index (χ4n) is 4.33. The van der Waals surface area contributed by atoms with E-state index < -0.39 is 22.3 Å². The number of allylic oxidation sites excluding steroid dienone is 1. The van der Waals surface area contributed by atoms with Crippen molar-refractivity contribution in [3.8, 4) is 6.07 Å². The molecule has 0 bridgehead atoms. The Morgan fingerprint density at radius 3 is 2.23 bits per heavy atom. The van der Waals surface area contributed by atoms with Gasteiger partial charge in [0.25, 0.3) is 17.2 Å². The third kappa shape index (κ3) is 5.01. The topological polar surface area (TPSA) is 144 Å². The fourth-order valence-corrected chi connectivity index (χ4v) is 5.76. The molecule has 1 atom stereocenters. The van der Waals surface area contributed by atoms with Crippen LogP contribution in [0.2, 0.25) is 10.0 Å². The summed E-state index contributed by atoms with van der Waals surface area (Å²) >= 11 is 13.1. The van der Waals surface area contributed by atoms with Crippen molar-refractivity contribution in [2.24, 2.45) is 5.73 Å². The summed E-state index contributed by atoms with van der Waals surface area (Å²) in [5, 5.41) is 24.9. The van der Waals surface area contributed by atoms with Crippen molar-refractivity contribution in [3.05, 3.63) is 129 Å². The highest BCUT2D eigenvalue weighted by atomic mass is 35.5. The molecule has 40 heavy (non-hydrogen) atoms. The molecular formula is C28H17Cl2N5O4S. The number of amides is 1.